The summed E-state index contributed by atoms with van der Waals surface area (Å²) in [5.41, 5.74) is 2.56. The van der Waals surface area contributed by atoms with E-state index < -0.39 is 31.5 Å². The van der Waals surface area contributed by atoms with E-state index in [1.807, 2.05) is 86.7 Å². The van der Waals surface area contributed by atoms with Gasteiger partial charge in [0.15, 0.2) is 20.5 Å². The van der Waals surface area contributed by atoms with Crippen molar-refractivity contribution in [2.24, 2.45) is 5.92 Å². The second kappa shape index (κ2) is 12.0. The number of para-hydroxylation sites is 2. The number of carbonyl (C=O) groups is 3. The number of hydrogen-bond acceptors (Lipinski definition) is 7. The van der Waals surface area contributed by atoms with Crippen LogP contribution >= 0.6 is 0 Å². The number of amides is 3. The third-order valence-electron chi connectivity index (χ3n) is 10.5. The summed E-state index contributed by atoms with van der Waals surface area (Å²) in [5.74, 6) is -0.646. The summed E-state index contributed by atoms with van der Waals surface area (Å²) < 4.78 is 12.6. The molecule has 0 aliphatic carbocycles. The molecule has 3 aromatic rings. The lowest BCUT2D eigenvalue weighted by atomic mass is 9.82. The zero-order valence-electron chi connectivity index (χ0n) is 27.5. The molecule has 0 saturated carbocycles. The Balaban J connectivity index is 1.29. The second-order valence-corrected chi connectivity index (χ2v) is 17.8. The first-order chi connectivity index (χ1) is 23.0. The molecule has 5 atom stereocenters. The topological polar surface area (TPSA) is 120 Å². The molecule has 1 spiro atoms. The molecule has 1 saturated heterocycles. The number of carbonyl (C=O) groups excluding carboxylic acids is 3. The van der Waals surface area contributed by atoms with Crippen molar-refractivity contribution in [3.05, 3.63) is 96.1 Å². The quantitative estimate of drug-likeness (QED) is 0.283. The number of anilines is 3. The fourth-order valence-electron chi connectivity index (χ4n) is 8.43. The van der Waals surface area contributed by atoms with Crippen molar-refractivity contribution in [3.63, 3.8) is 0 Å². The SMILES string of the molecule is C=CCN1C(=O)[C@@]2(O[C@@H](CC(=O)N3Cc4ccccc4C[C@H]3CO)[C@H]([Si](C)(C)O)[C@H]2C)c2cc(N3C(=O)COc4ccccc43)ccc21. The standard InChI is InChI=1S/C37H41N3O7Si/c1-5-16-38-29-15-14-26(40-30-12-8-9-13-31(30)46-22-34(40)43)18-28(29)37(36(38)44)23(2)35(48(3,4)45)32(47-37)19-33(42)39-20-25-11-7-6-10-24(25)17-27(39)21-41/h5-15,18,23,27,32,35,41,45H,1,16-17,19-22H2,2-4H3/t23-,27+,32+,35-,37+/m1/s1. The van der Waals surface area contributed by atoms with E-state index in [-0.39, 0.29) is 49.9 Å². The van der Waals surface area contributed by atoms with Crippen molar-refractivity contribution in [1.82, 2.24) is 4.90 Å². The van der Waals surface area contributed by atoms with E-state index in [0.29, 0.717) is 41.3 Å². The zero-order valence-corrected chi connectivity index (χ0v) is 28.5. The molecular formula is C37H41N3O7Si. The lowest BCUT2D eigenvalue weighted by Crippen LogP contribution is -2.48. The molecular weight excluding hydrogens is 627 g/mol. The monoisotopic (exact) mass is 667 g/mol. The molecule has 4 heterocycles. The van der Waals surface area contributed by atoms with E-state index in [4.69, 9.17) is 9.47 Å². The summed E-state index contributed by atoms with van der Waals surface area (Å²) >= 11 is 0. The number of nitrogens with zero attached hydrogens (tertiary/aromatic N) is 3. The molecule has 11 heteroatoms. The highest BCUT2D eigenvalue weighted by atomic mass is 28.4. The summed E-state index contributed by atoms with van der Waals surface area (Å²) in [6, 6.07) is 20.3. The van der Waals surface area contributed by atoms with Crippen molar-refractivity contribution < 1.29 is 33.8 Å². The highest BCUT2D eigenvalue weighted by Crippen LogP contribution is 2.60. The van der Waals surface area contributed by atoms with E-state index >= 15 is 0 Å². The van der Waals surface area contributed by atoms with Crippen molar-refractivity contribution in [3.8, 4) is 5.75 Å². The van der Waals surface area contributed by atoms with Crippen LogP contribution in [-0.2, 0) is 37.7 Å². The average molecular weight is 668 g/mol. The summed E-state index contributed by atoms with van der Waals surface area (Å²) in [6.45, 7) is 9.75. The van der Waals surface area contributed by atoms with Crippen molar-refractivity contribution in [2.45, 2.75) is 62.7 Å². The maximum Gasteiger partial charge on any atom is 0.269 e. The number of ether oxygens (including phenoxy) is 2. The van der Waals surface area contributed by atoms with Crippen LogP contribution in [0.5, 0.6) is 5.75 Å². The summed E-state index contributed by atoms with van der Waals surface area (Å²) in [5, 5.41) is 10.3. The number of rotatable bonds is 7. The maximum absolute atomic E-state index is 14.6. The van der Waals surface area contributed by atoms with Gasteiger partial charge in [0, 0.05) is 35.8 Å². The fourth-order valence-corrected chi connectivity index (χ4v) is 11.0. The minimum absolute atomic E-state index is 0.0501. The fraction of sp³-hybridized carbons (Fsp3) is 0.378. The van der Waals surface area contributed by atoms with Crippen LogP contribution in [0.2, 0.25) is 18.6 Å². The van der Waals surface area contributed by atoms with E-state index in [9.17, 15) is 24.3 Å². The number of aliphatic hydroxyl groups excluding tert-OH is 1. The minimum atomic E-state index is -3.06. The van der Waals surface area contributed by atoms with Gasteiger partial charge in [-0.25, -0.2) is 0 Å². The Morgan fingerprint density at radius 1 is 1.06 bits per heavy atom. The van der Waals surface area contributed by atoms with E-state index in [0.717, 1.165) is 11.1 Å². The normalized spacial score (nSPS) is 26.3. The average Bonchev–Trinajstić information content (AvgIpc) is 3.49. The first kappa shape index (κ1) is 32.3. The van der Waals surface area contributed by atoms with Gasteiger partial charge in [0.25, 0.3) is 11.8 Å². The number of hydrogen-bond donors (Lipinski definition) is 2. The molecule has 3 aromatic carbocycles. The Morgan fingerprint density at radius 2 is 1.79 bits per heavy atom. The third kappa shape index (κ3) is 4.99. The molecule has 0 aromatic heterocycles. The van der Waals surface area contributed by atoms with Crippen LogP contribution in [0.15, 0.2) is 79.4 Å². The van der Waals surface area contributed by atoms with Crippen molar-refractivity contribution >= 4 is 43.1 Å². The first-order valence-electron chi connectivity index (χ1n) is 16.5. The molecule has 3 amide bonds. The molecule has 4 aliphatic rings. The van der Waals surface area contributed by atoms with Crippen LogP contribution in [0.1, 0.15) is 30.0 Å². The number of benzene rings is 3. The van der Waals surface area contributed by atoms with Crippen LogP contribution < -0.4 is 14.5 Å². The Hall–Kier alpha value is -4.29. The largest absolute Gasteiger partial charge is 0.482 e. The van der Waals surface area contributed by atoms with Gasteiger partial charge in [-0.3, -0.25) is 19.3 Å². The highest BCUT2D eigenvalue weighted by Gasteiger charge is 2.66. The van der Waals surface area contributed by atoms with Gasteiger partial charge in [-0.05, 0) is 61.0 Å². The molecule has 48 heavy (non-hydrogen) atoms. The van der Waals surface area contributed by atoms with Gasteiger partial charge in [-0.1, -0.05) is 49.4 Å². The molecule has 2 N–H and O–H groups in total. The predicted molar refractivity (Wildman–Crippen MR) is 183 cm³/mol. The predicted octanol–water partition coefficient (Wildman–Crippen LogP) is 4.41. The molecule has 0 bridgehead atoms. The molecule has 0 radical (unpaired) electrons. The van der Waals surface area contributed by atoms with Crippen molar-refractivity contribution in [2.75, 3.05) is 29.6 Å². The minimum Gasteiger partial charge on any atom is -0.482 e. The van der Waals surface area contributed by atoms with Crippen LogP contribution in [0, 0.1) is 5.92 Å². The van der Waals surface area contributed by atoms with E-state index in [2.05, 4.69) is 6.58 Å². The van der Waals surface area contributed by atoms with Gasteiger partial charge in [0.2, 0.25) is 5.91 Å². The van der Waals surface area contributed by atoms with Gasteiger partial charge in [-0.15, -0.1) is 6.58 Å². The van der Waals surface area contributed by atoms with Crippen molar-refractivity contribution in [1.29, 1.82) is 0 Å². The lowest BCUT2D eigenvalue weighted by Gasteiger charge is -2.37. The Labute approximate surface area is 281 Å². The molecule has 1 fully saturated rings. The number of fused-ring (bicyclic) bond motifs is 4. The van der Waals surface area contributed by atoms with Gasteiger partial charge in [0.1, 0.15) is 5.75 Å². The van der Waals surface area contributed by atoms with Gasteiger partial charge >= 0.3 is 0 Å². The van der Waals surface area contributed by atoms with Gasteiger partial charge in [0.05, 0.1) is 36.5 Å². The smallest absolute Gasteiger partial charge is 0.269 e. The van der Waals surface area contributed by atoms with Crippen LogP contribution in [0.3, 0.4) is 0 Å². The molecule has 7 rings (SSSR count). The highest BCUT2D eigenvalue weighted by molar-refractivity contribution is 6.71. The molecule has 10 nitrogen and oxygen atoms in total. The number of aliphatic hydroxyl groups is 1. The Morgan fingerprint density at radius 3 is 2.52 bits per heavy atom. The third-order valence-corrected chi connectivity index (χ3v) is 13.0. The Kier molecular flexibility index (Phi) is 8.06. The van der Waals surface area contributed by atoms with Crippen LogP contribution in [0.25, 0.3) is 0 Å². The van der Waals surface area contributed by atoms with Crippen LogP contribution in [-0.4, -0.2) is 72.7 Å². The lowest BCUT2D eigenvalue weighted by molar-refractivity contribution is -0.150. The second-order valence-electron chi connectivity index (χ2n) is 13.8. The summed E-state index contributed by atoms with van der Waals surface area (Å²) in [4.78, 5) is 58.7. The summed E-state index contributed by atoms with van der Waals surface area (Å²) in [6.07, 6.45) is 1.39. The Bertz CT molecular complexity index is 1810. The molecule has 4 aliphatic heterocycles. The van der Waals surface area contributed by atoms with Gasteiger partial charge in [-0.2, -0.15) is 0 Å². The van der Waals surface area contributed by atoms with Gasteiger partial charge < -0.3 is 29.2 Å². The van der Waals surface area contributed by atoms with E-state index in [1.54, 1.807) is 20.8 Å². The molecule has 0 unspecified atom stereocenters. The zero-order chi connectivity index (χ0) is 34.0. The van der Waals surface area contributed by atoms with E-state index in [1.165, 1.54) is 0 Å². The summed E-state index contributed by atoms with van der Waals surface area (Å²) in [7, 11) is -3.06. The van der Waals surface area contributed by atoms with Crippen LogP contribution in [0.4, 0.5) is 17.1 Å². The molecule has 250 valence electrons. The first-order valence-corrected chi connectivity index (χ1v) is 19.5. The maximum atomic E-state index is 14.6.